The molecular weight excluding hydrogens is 276 g/mol. The van der Waals surface area contributed by atoms with E-state index in [0.29, 0.717) is 5.96 Å². The second kappa shape index (κ2) is 11.9. The number of aliphatic imine (C=N–C) groups is 1. The Balaban J connectivity index is 2.04. The maximum atomic E-state index is 5.81. The van der Waals surface area contributed by atoms with Crippen molar-refractivity contribution in [1.29, 1.82) is 0 Å². The molecule has 0 spiro atoms. The number of hydrogen-bond acceptors (Lipinski definition) is 3. The number of para-hydroxylation sites is 1. The number of rotatable bonds is 11. The molecule has 5 nitrogen and oxygen atoms in total. The first-order chi connectivity index (χ1) is 10.7. The Morgan fingerprint density at radius 3 is 2.73 bits per heavy atom. The van der Waals surface area contributed by atoms with E-state index < -0.39 is 0 Å². The molecule has 124 valence electrons. The molecule has 0 bridgehead atoms. The third kappa shape index (κ3) is 8.52. The number of ether oxygens (including phenoxy) is 1. The molecule has 1 aromatic carbocycles. The molecule has 5 heteroatoms. The van der Waals surface area contributed by atoms with Gasteiger partial charge in [-0.25, -0.2) is 0 Å². The molecule has 0 aliphatic carbocycles. The van der Waals surface area contributed by atoms with Crippen LogP contribution in [0.4, 0.5) is 5.69 Å². The number of nitrogens with one attached hydrogen (secondary N) is 1. The molecule has 0 saturated carbocycles. The van der Waals surface area contributed by atoms with Crippen LogP contribution in [0.1, 0.15) is 26.2 Å². The van der Waals surface area contributed by atoms with Crippen molar-refractivity contribution in [2.24, 2.45) is 10.7 Å². The van der Waals surface area contributed by atoms with Crippen LogP contribution >= 0.6 is 0 Å². The number of benzene rings is 1. The van der Waals surface area contributed by atoms with Gasteiger partial charge in [-0.15, -0.1) is 0 Å². The second-order valence-corrected chi connectivity index (χ2v) is 5.21. The fourth-order valence-corrected chi connectivity index (χ4v) is 2.07. The largest absolute Gasteiger partial charge is 0.382 e. The first-order valence-corrected chi connectivity index (χ1v) is 8.11. The van der Waals surface area contributed by atoms with Gasteiger partial charge in [-0.3, -0.25) is 4.99 Å². The van der Waals surface area contributed by atoms with Crippen molar-refractivity contribution in [2.75, 3.05) is 44.8 Å². The molecule has 0 saturated heterocycles. The maximum absolute atomic E-state index is 5.81. The predicted octanol–water partition coefficient (Wildman–Crippen LogP) is 2.23. The van der Waals surface area contributed by atoms with E-state index in [1.165, 1.54) is 5.69 Å². The normalized spacial score (nSPS) is 11.5. The molecule has 0 aliphatic rings. The Bertz CT molecular complexity index is 408. The van der Waals surface area contributed by atoms with Crippen LogP contribution in [-0.4, -0.2) is 45.9 Å². The average molecular weight is 306 g/mol. The van der Waals surface area contributed by atoms with Gasteiger partial charge in [0, 0.05) is 45.6 Å². The minimum absolute atomic E-state index is 0.535. The molecule has 0 amide bonds. The lowest BCUT2D eigenvalue weighted by Crippen LogP contribution is -2.33. The van der Waals surface area contributed by atoms with Gasteiger partial charge in [-0.05, 0) is 38.3 Å². The van der Waals surface area contributed by atoms with Gasteiger partial charge in [-0.2, -0.15) is 0 Å². The SMILES string of the molecule is CCOCCCN=C(N)NCCCCN(C)c1ccccc1. The lowest BCUT2D eigenvalue weighted by Gasteiger charge is -2.19. The van der Waals surface area contributed by atoms with E-state index in [0.717, 1.165) is 52.1 Å². The Kier molecular flexibility index (Phi) is 9.87. The number of guanidine groups is 1. The summed E-state index contributed by atoms with van der Waals surface area (Å²) in [4.78, 5) is 6.54. The Morgan fingerprint density at radius 1 is 1.23 bits per heavy atom. The van der Waals surface area contributed by atoms with Gasteiger partial charge in [0.1, 0.15) is 0 Å². The molecule has 0 radical (unpaired) electrons. The zero-order chi connectivity index (χ0) is 16.0. The smallest absolute Gasteiger partial charge is 0.188 e. The van der Waals surface area contributed by atoms with Crippen LogP contribution < -0.4 is 16.0 Å². The molecular formula is C17H30N4O. The van der Waals surface area contributed by atoms with E-state index in [4.69, 9.17) is 10.5 Å². The van der Waals surface area contributed by atoms with Crippen LogP contribution in [0.3, 0.4) is 0 Å². The summed E-state index contributed by atoms with van der Waals surface area (Å²) < 4.78 is 5.25. The summed E-state index contributed by atoms with van der Waals surface area (Å²) >= 11 is 0. The van der Waals surface area contributed by atoms with E-state index in [2.05, 4.69) is 46.5 Å². The highest BCUT2D eigenvalue weighted by molar-refractivity contribution is 5.77. The van der Waals surface area contributed by atoms with Crippen molar-refractivity contribution < 1.29 is 4.74 Å². The Morgan fingerprint density at radius 2 is 2.00 bits per heavy atom. The summed E-state index contributed by atoms with van der Waals surface area (Å²) in [5, 5.41) is 3.16. The molecule has 0 unspecified atom stereocenters. The van der Waals surface area contributed by atoms with Gasteiger partial charge in [-0.1, -0.05) is 18.2 Å². The highest BCUT2D eigenvalue weighted by Gasteiger charge is 1.99. The second-order valence-electron chi connectivity index (χ2n) is 5.21. The van der Waals surface area contributed by atoms with Crippen molar-refractivity contribution in [2.45, 2.75) is 26.2 Å². The van der Waals surface area contributed by atoms with Crippen LogP contribution in [0.25, 0.3) is 0 Å². The van der Waals surface area contributed by atoms with E-state index in [9.17, 15) is 0 Å². The molecule has 0 aliphatic heterocycles. The van der Waals surface area contributed by atoms with Crippen molar-refractivity contribution in [3.8, 4) is 0 Å². The van der Waals surface area contributed by atoms with Crippen LogP contribution in [0.15, 0.2) is 35.3 Å². The molecule has 0 fully saturated rings. The van der Waals surface area contributed by atoms with Crippen molar-refractivity contribution >= 4 is 11.6 Å². The number of unbranched alkanes of at least 4 members (excludes halogenated alkanes) is 1. The molecule has 0 heterocycles. The van der Waals surface area contributed by atoms with Gasteiger partial charge in [0.15, 0.2) is 5.96 Å². The predicted molar refractivity (Wildman–Crippen MR) is 94.5 cm³/mol. The molecule has 0 aromatic heterocycles. The quantitative estimate of drug-likeness (QED) is 0.374. The third-order valence-corrected chi connectivity index (χ3v) is 3.36. The van der Waals surface area contributed by atoms with Crippen molar-refractivity contribution in [3.63, 3.8) is 0 Å². The lowest BCUT2D eigenvalue weighted by molar-refractivity contribution is 0.146. The van der Waals surface area contributed by atoms with Crippen molar-refractivity contribution in [3.05, 3.63) is 30.3 Å². The summed E-state index contributed by atoms with van der Waals surface area (Å²) in [5.74, 6) is 0.535. The average Bonchev–Trinajstić information content (AvgIpc) is 2.55. The van der Waals surface area contributed by atoms with Gasteiger partial charge in [0.05, 0.1) is 0 Å². The van der Waals surface area contributed by atoms with E-state index in [1.54, 1.807) is 0 Å². The number of anilines is 1. The first kappa shape index (κ1) is 18.3. The van der Waals surface area contributed by atoms with Crippen LogP contribution in [0.5, 0.6) is 0 Å². The van der Waals surface area contributed by atoms with E-state index in [-0.39, 0.29) is 0 Å². The van der Waals surface area contributed by atoms with Crippen LogP contribution in [0.2, 0.25) is 0 Å². The molecule has 1 aromatic rings. The highest BCUT2D eigenvalue weighted by Crippen LogP contribution is 2.11. The van der Waals surface area contributed by atoms with Crippen LogP contribution in [0, 0.1) is 0 Å². The standard InChI is InChI=1S/C17H30N4O/c1-3-22-15-9-13-20-17(18)19-12-7-8-14-21(2)16-10-5-4-6-11-16/h4-6,10-11H,3,7-9,12-15H2,1-2H3,(H3,18,19,20). The highest BCUT2D eigenvalue weighted by atomic mass is 16.5. The van der Waals surface area contributed by atoms with E-state index >= 15 is 0 Å². The molecule has 0 atom stereocenters. The number of nitrogens with two attached hydrogens (primary N) is 1. The summed E-state index contributed by atoms with van der Waals surface area (Å²) in [7, 11) is 2.12. The first-order valence-electron chi connectivity index (χ1n) is 8.11. The zero-order valence-electron chi connectivity index (χ0n) is 13.9. The van der Waals surface area contributed by atoms with E-state index in [1.807, 2.05) is 13.0 Å². The van der Waals surface area contributed by atoms with Gasteiger partial charge >= 0.3 is 0 Å². The fraction of sp³-hybridized carbons (Fsp3) is 0.588. The van der Waals surface area contributed by atoms with Crippen molar-refractivity contribution in [1.82, 2.24) is 5.32 Å². The number of nitrogens with zero attached hydrogens (tertiary/aromatic N) is 2. The Labute approximate surface area is 134 Å². The van der Waals surface area contributed by atoms with Crippen LogP contribution in [-0.2, 0) is 4.74 Å². The summed E-state index contributed by atoms with van der Waals surface area (Å²) in [6.45, 7) is 6.12. The minimum atomic E-state index is 0.535. The summed E-state index contributed by atoms with van der Waals surface area (Å²) in [6.07, 6.45) is 3.11. The van der Waals surface area contributed by atoms with Gasteiger partial charge in [0.2, 0.25) is 0 Å². The summed E-state index contributed by atoms with van der Waals surface area (Å²) in [6, 6.07) is 10.4. The number of hydrogen-bond donors (Lipinski definition) is 2. The minimum Gasteiger partial charge on any atom is -0.382 e. The monoisotopic (exact) mass is 306 g/mol. The Hall–Kier alpha value is -1.75. The zero-order valence-corrected chi connectivity index (χ0v) is 13.9. The van der Waals surface area contributed by atoms with Gasteiger partial charge in [0.25, 0.3) is 0 Å². The van der Waals surface area contributed by atoms with Gasteiger partial charge < -0.3 is 20.7 Å². The summed E-state index contributed by atoms with van der Waals surface area (Å²) in [5.41, 5.74) is 7.06. The maximum Gasteiger partial charge on any atom is 0.188 e. The molecule has 1 rings (SSSR count). The molecule has 22 heavy (non-hydrogen) atoms. The molecule has 3 N–H and O–H groups in total. The third-order valence-electron chi connectivity index (χ3n) is 3.36. The fourth-order valence-electron chi connectivity index (χ4n) is 2.07. The topological polar surface area (TPSA) is 62.9 Å². The lowest BCUT2D eigenvalue weighted by atomic mass is 10.2.